The van der Waals surface area contributed by atoms with Crippen LogP contribution in [0.1, 0.15) is 5.56 Å². The summed E-state index contributed by atoms with van der Waals surface area (Å²) in [5, 5.41) is 3.91. The van der Waals surface area contributed by atoms with E-state index in [2.05, 4.69) is 5.10 Å². The van der Waals surface area contributed by atoms with Crippen LogP contribution in [-0.2, 0) is 13.2 Å². The van der Waals surface area contributed by atoms with Crippen molar-refractivity contribution < 1.29 is 17.9 Å². The largest absolute Gasteiger partial charge is 0.495 e. The molecule has 2 rings (SSSR count). The Morgan fingerprint density at radius 1 is 1.30 bits per heavy atom. The van der Waals surface area contributed by atoms with E-state index in [9.17, 15) is 13.2 Å². The van der Waals surface area contributed by atoms with Crippen molar-refractivity contribution in [1.29, 1.82) is 0 Å². The molecule has 0 saturated carbocycles. The predicted molar refractivity (Wildman–Crippen MR) is 69.6 cm³/mol. The molecule has 108 valence electrons. The van der Waals surface area contributed by atoms with Crippen LogP contribution in [0.2, 0.25) is 5.02 Å². The first-order valence-corrected chi connectivity index (χ1v) is 5.86. The molecule has 0 unspecified atom stereocenters. The van der Waals surface area contributed by atoms with Gasteiger partial charge >= 0.3 is 6.18 Å². The lowest BCUT2D eigenvalue weighted by molar-refractivity contribution is -0.137. The van der Waals surface area contributed by atoms with Crippen LogP contribution >= 0.6 is 11.6 Å². The summed E-state index contributed by atoms with van der Waals surface area (Å²) in [7, 11) is 2.79. The number of anilines is 1. The van der Waals surface area contributed by atoms with E-state index in [0.29, 0.717) is 0 Å². The van der Waals surface area contributed by atoms with E-state index in [1.807, 2.05) is 0 Å². The zero-order valence-electron chi connectivity index (χ0n) is 10.6. The molecule has 0 atom stereocenters. The van der Waals surface area contributed by atoms with E-state index in [1.165, 1.54) is 31.1 Å². The topological polar surface area (TPSA) is 53.1 Å². The lowest BCUT2D eigenvalue weighted by Crippen LogP contribution is -2.08. The number of ether oxygens (including phenoxy) is 1. The van der Waals surface area contributed by atoms with Gasteiger partial charge in [-0.1, -0.05) is 11.6 Å². The first kappa shape index (κ1) is 14.5. The Morgan fingerprint density at radius 2 is 1.95 bits per heavy atom. The van der Waals surface area contributed by atoms with Gasteiger partial charge in [0.25, 0.3) is 0 Å². The first-order chi connectivity index (χ1) is 9.25. The van der Waals surface area contributed by atoms with Gasteiger partial charge in [-0.15, -0.1) is 0 Å². The number of alkyl halides is 3. The van der Waals surface area contributed by atoms with Crippen LogP contribution < -0.4 is 10.5 Å². The highest BCUT2D eigenvalue weighted by atomic mass is 35.5. The molecule has 0 spiro atoms. The van der Waals surface area contributed by atoms with Crippen LogP contribution in [0.3, 0.4) is 0 Å². The minimum absolute atomic E-state index is 0.0507. The van der Waals surface area contributed by atoms with E-state index >= 15 is 0 Å². The number of aromatic nitrogens is 2. The molecule has 1 aromatic carbocycles. The second-order valence-electron chi connectivity index (χ2n) is 4.10. The van der Waals surface area contributed by atoms with Gasteiger partial charge in [0.1, 0.15) is 11.6 Å². The second-order valence-corrected chi connectivity index (χ2v) is 4.50. The number of nitrogen functional groups attached to an aromatic ring is 1. The zero-order valence-corrected chi connectivity index (χ0v) is 11.4. The molecule has 0 radical (unpaired) electrons. The first-order valence-electron chi connectivity index (χ1n) is 5.48. The maximum Gasteiger partial charge on any atom is 0.417 e. The second kappa shape index (κ2) is 4.90. The van der Waals surface area contributed by atoms with Crippen molar-refractivity contribution in [2.24, 2.45) is 7.05 Å². The number of halogens is 4. The van der Waals surface area contributed by atoms with Crippen LogP contribution in [-0.4, -0.2) is 16.9 Å². The molecule has 4 nitrogen and oxygen atoms in total. The highest BCUT2D eigenvalue weighted by Gasteiger charge is 2.35. The summed E-state index contributed by atoms with van der Waals surface area (Å²) in [5.41, 5.74) is 4.89. The molecule has 1 aromatic heterocycles. The molecular weight excluding hydrogens is 295 g/mol. The number of hydrogen-bond donors (Lipinski definition) is 1. The minimum Gasteiger partial charge on any atom is -0.495 e. The van der Waals surface area contributed by atoms with Crippen LogP contribution in [0.25, 0.3) is 11.1 Å². The Morgan fingerprint density at radius 3 is 2.40 bits per heavy atom. The number of nitrogens with zero attached hydrogens (tertiary/aromatic N) is 2. The number of hydrogen-bond acceptors (Lipinski definition) is 3. The quantitative estimate of drug-likeness (QED) is 0.925. The normalized spacial score (nSPS) is 11.7. The molecule has 20 heavy (non-hydrogen) atoms. The van der Waals surface area contributed by atoms with Crippen LogP contribution in [0.5, 0.6) is 5.75 Å². The molecule has 8 heteroatoms. The third kappa shape index (κ3) is 2.40. The molecule has 0 aliphatic carbocycles. The molecule has 0 amide bonds. The Labute approximate surface area is 117 Å². The summed E-state index contributed by atoms with van der Waals surface area (Å²) in [5.74, 6) is 0.0712. The Bertz CT molecular complexity index is 652. The van der Waals surface area contributed by atoms with Crippen molar-refractivity contribution in [2.75, 3.05) is 12.8 Å². The molecule has 0 aliphatic heterocycles. The van der Waals surface area contributed by atoms with Crippen molar-refractivity contribution in [3.05, 3.63) is 28.9 Å². The van der Waals surface area contributed by atoms with Gasteiger partial charge in [0.2, 0.25) is 0 Å². The molecule has 0 bridgehead atoms. The fourth-order valence-corrected chi connectivity index (χ4v) is 2.06. The van der Waals surface area contributed by atoms with Crippen molar-refractivity contribution in [3.8, 4) is 16.9 Å². The lowest BCUT2D eigenvalue weighted by atomic mass is 10.0. The Hall–Kier alpha value is -1.89. The van der Waals surface area contributed by atoms with Gasteiger partial charge in [0.05, 0.1) is 23.9 Å². The number of benzene rings is 1. The fourth-order valence-electron chi connectivity index (χ4n) is 1.82. The number of methoxy groups -OCH3 is 1. The highest BCUT2D eigenvalue weighted by molar-refractivity contribution is 6.32. The molecule has 1 heterocycles. The van der Waals surface area contributed by atoms with E-state index in [1.54, 1.807) is 0 Å². The summed E-state index contributed by atoms with van der Waals surface area (Å²) in [6.45, 7) is 0. The molecule has 2 aromatic rings. The standard InChI is InChI=1S/C12H11ClF3N3O/c1-19-11(17)7(5-18-19)6-3-9(13)10(20-2)4-8(6)12(14,15)16/h3-5H,17H2,1-2H3. The summed E-state index contributed by atoms with van der Waals surface area (Å²) in [4.78, 5) is 0. The Kier molecular flexibility index (Phi) is 3.56. The van der Waals surface area contributed by atoms with Crippen molar-refractivity contribution in [1.82, 2.24) is 9.78 Å². The summed E-state index contributed by atoms with van der Waals surface area (Å²) in [6.07, 6.45) is -3.29. The van der Waals surface area contributed by atoms with Crippen LogP contribution in [0.15, 0.2) is 18.3 Å². The third-order valence-corrected chi connectivity index (χ3v) is 3.17. The van der Waals surface area contributed by atoms with Gasteiger partial charge in [-0.05, 0) is 12.1 Å². The van der Waals surface area contributed by atoms with Gasteiger partial charge in [0, 0.05) is 18.2 Å². The summed E-state index contributed by atoms with van der Waals surface area (Å²) >= 11 is 5.90. The van der Waals surface area contributed by atoms with Crippen LogP contribution in [0, 0.1) is 0 Å². The van der Waals surface area contributed by atoms with E-state index in [4.69, 9.17) is 22.1 Å². The minimum atomic E-state index is -4.56. The maximum absolute atomic E-state index is 13.2. The van der Waals surface area contributed by atoms with Gasteiger partial charge in [-0.25, -0.2) is 0 Å². The summed E-state index contributed by atoms with van der Waals surface area (Å²) < 4.78 is 45.6. The average molecular weight is 306 g/mol. The SMILES string of the molecule is COc1cc(C(F)(F)F)c(-c2cnn(C)c2N)cc1Cl. The van der Waals surface area contributed by atoms with Gasteiger partial charge in [-0.2, -0.15) is 18.3 Å². The third-order valence-electron chi connectivity index (χ3n) is 2.87. The monoisotopic (exact) mass is 305 g/mol. The van der Waals surface area contributed by atoms with Gasteiger partial charge in [-0.3, -0.25) is 4.68 Å². The van der Waals surface area contributed by atoms with E-state index < -0.39 is 11.7 Å². The highest BCUT2D eigenvalue weighted by Crippen LogP contribution is 2.43. The molecular formula is C12H11ClF3N3O. The van der Waals surface area contributed by atoms with Gasteiger partial charge < -0.3 is 10.5 Å². The number of rotatable bonds is 2. The number of nitrogens with two attached hydrogens (primary N) is 1. The lowest BCUT2D eigenvalue weighted by Gasteiger charge is -2.15. The van der Waals surface area contributed by atoms with Crippen molar-refractivity contribution in [2.45, 2.75) is 6.18 Å². The van der Waals surface area contributed by atoms with Gasteiger partial charge in [0.15, 0.2) is 0 Å². The maximum atomic E-state index is 13.2. The van der Waals surface area contributed by atoms with Crippen molar-refractivity contribution in [3.63, 3.8) is 0 Å². The summed E-state index contributed by atoms with van der Waals surface area (Å²) in [6, 6.07) is 2.03. The zero-order chi connectivity index (χ0) is 15.1. The number of aryl methyl sites for hydroxylation is 1. The fraction of sp³-hybridized carbons (Fsp3) is 0.250. The molecule has 2 N–H and O–H groups in total. The Balaban J connectivity index is 2.75. The molecule has 0 saturated heterocycles. The van der Waals surface area contributed by atoms with Crippen molar-refractivity contribution >= 4 is 17.4 Å². The van der Waals surface area contributed by atoms with E-state index in [-0.39, 0.29) is 27.7 Å². The smallest absolute Gasteiger partial charge is 0.417 e. The molecule has 0 aliphatic rings. The molecule has 0 fully saturated rings. The van der Waals surface area contributed by atoms with Crippen LogP contribution in [0.4, 0.5) is 19.0 Å². The average Bonchev–Trinajstić information content (AvgIpc) is 2.68. The van der Waals surface area contributed by atoms with E-state index in [0.717, 1.165) is 6.07 Å². The predicted octanol–water partition coefficient (Wildman–Crippen LogP) is 3.35.